The van der Waals surface area contributed by atoms with Crippen LogP contribution < -0.4 is 0 Å². The Labute approximate surface area is 115 Å². The van der Waals surface area contributed by atoms with Gasteiger partial charge >= 0.3 is 5.97 Å². The van der Waals surface area contributed by atoms with Gasteiger partial charge in [0.05, 0.1) is 12.2 Å². The van der Waals surface area contributed by atoms with Crippen LogP contribution in [-0.4, -0.2) is 12.6 Å². The topological polar surface area (TPSA) is 35.5 Å². The Kier molecular flexibility index (Phi) is 5.12. The van der Waals surface area contributed by atoms with Crippen LogP contribution in [0, 0.1) is 40.5 Å². The molecule has 0 saturated carbocycles. The maximum atomic E-state index is 12.1. The second-order valence-electron chi connectivity index (χ2n) is 5.55. The summed E-state index contributed by atoms with van der Waals surface area (Å²) in [6.45, 7) is 14.5. The molecular formula is C16H24O3. The van der Waals surface area contributed by atoms with Crippen molar-refractivity contribution in [2.75, 3.05) is 6.61 Å². The van der Waals surface area contributed by atoms with Gasteiger partial charge in [-0.05, 0) is 68.4 Å². The Bertz CT molecular complexity index is 458. The Morgan fingerprint density at radius 3 is 1.74 bits per heavy atom. The first-order valence-electron chi connectivity index (χ1n) is 6.68. The molecule has 1 rings (SSSR count). The van der Waals surface area contributed by atoms with Crippen molar-refractivity contribution in [3.8, 4) is 0 Å². The van der Waals surface area contributed by atoms with Gasteiger partial charge in [-0.15, -0.1) is 0 Å². The normalized spacial score (nSPS) is 10.9. The fraction of sp³-hybridized carbons (Fsp3) is 0.562. The fourth-order valence-electron chi connectivity index (χ4n) is 2.07. The second-order valence-corrected chi connectivity index (χ2v) is 5.55. The molecule has 0 bridgehead atoms. The number of hydrogen-bond acceptors (Lipinski definition) is 3. The summed E-state index contributed by atoms with van der Waals surface area (Å²) in [4.78, 5) is 22.0. The number of benzene rings is 1. The summed E-state index contributed by atoms with van der Waals surface area (Å²) in [5, 5.41) is 0. The largest absolute Gasteiger partial charge is 0.373 e. The maximum absolute atomic E-state index is 12.1. The van der Waals surface area contributed by atoms with Crippen LogP contribution in [0.3, 0.4) is 0 Å². The number of carbonyl (C=O) groups excluding carboxylic acids is 1. The minimum Gasteiger partial charge on any atom is -0.293 e. The molecule has 0 unspecified atom stereocenters. The lowest BCUT2D eigenvalue weighted by Gasteiger charge is -2.17. The molecule has 0 radical (unpaired) electrons. The van der Waals surface area contributed by atoms with Crippen molar-refractivity contribution in [3.63, 3.8) is 0 Å². The van der Waals surface area contributed by atoms with E-state index in [9.17, 15) is 4.79 Å². The number of carbonyl (C=O) groups is 1. The van der Waals surface area contributed by atoms with E-state index in [1.165, 1.54) is 5.56 Å². The zero-order valence-electron chi connectivity index (χ0n) is 13.0. The van der Waals surface area contributed by atoms with Gasteiger partial charge in [-0.2, -0.15) is 4.89 Å². The monoisotopic (exact) mass is 264 g/mol. The lowest BCUT2D eigenvalue weighted by Crippen LogP contribution is -2.14. The Morgan fingerprint density at radius 1 is 0.895 bits per heavy atom. The van der Waals surface area contributed by atoms with Crippen LogP contribution in [0.5, 0.6) is 0 Å². The molecule has 1 aromatic rings. The van der Waals surface area contributed by atoms with Crippen LogP contribution in [0.4, 0.5) is 0 Å². The van der Waals surface area contributed by atoms with Crippen LogP contribution in [-0.2, 0) is 9.78 Å². The van der Waals surface area contributed by atoms with Crippen molar-refractivity contribution in [1.29, 1.82) is 0 Å². The molecule has 19 heavy (non-hydrogen) atoms. The summed E-state index contributed by atoms with van der Waals surface area (Å²) in [6, 6.07) is 0. The van der Waals surface area contributed by atoms with E-state index in [1.807, 2.05) is 41.5 Å². The van der Waals surface area contributed by atoms with E-state index < -0.39 is 5.97 Å². The van der Waals surface area contributed by atoms with Crippen molar-refractivity contribution >= 4 is 5.97 Å². The van der Waals surface area contributed by atoms with Gasteiger partial charge in [0.1, 0.15) is 0 Å². The second kappa shape index (κ2) is 6.20. The summed E-state index contributed by atoms with van der Waals surface area (Å²) < 4.78 is 0. The summed E-state index contributed by atoms with van der Waals surface area (Å²) >= 11 is 0. The van der Waals surface area contributed by atoms with Crippen molar-refractivity contribution in [2.45, 2.75) is 48.5 Å². The molecule has 0 aliphatic rings. The van der Waals surface area contributed by atoms with Gasteiger partial charge in [-0.25, -0.2) is 4.79 Å². The first-order chi connectivity index (χ1) is 8.77. The van der Waals surface area contributed by atoms with Gasteiger partial charge in [0.2, 0.25) is 0 Å². The predicted molar refractivity (Wildman–Crippen MR) is 76.3 cm³/mol. The average Bonchev–Trinajstić information content (AvgIpc) is 2.34. The molecule has 0 spiro atoms. The summed E-state index contributed by atoms with van der Waals surface area (Å²) in [6.07, 6.45) is 0. The minimum absolute atomic E-state index is 0.330. The van der Waals surface area contributed by atoms with Crippen LogP contribution >= 0.6 is 0 Å². The molecule has 3 heteroatoms. The summed E-state index contributed by atoms with van der Waals surface area (Å²) in [5.74, 6) is -0.0710. The molecule has 0 amide bonds. The average molecular weight is 264 g/mol. The highest BCUT2D eigenvalue weighted by molar-refractivity contribution is 5.93. The molecular weight excluding hydrogens is 240 g/mol. The molecule has 0 aliphatic heterocycles. The van der Waals surface area contributed by atoms with E-state index >= 15 is 0 Å². The van der Waals surface area contributed by atoms with E-state index in [4.69, 9.17) is 9.78 Å². The predicted octanol–water partition coefficient (Wildman–Crippen LogP) is 3.97. The molecule has 0 heterocycles. The van der Waals surface area contributed by atoms with Gasteiger partial charge in [0, 0.05) is 0 Å². The van der Waals surface area contributed by atoms with Gasteiger partial charge < -0.3 is 0 Å². The lowest BCUT2D eigenvalue weighted by atomic mass is 9.90. The molecule has 3 nitrogen and oxygen atoms in total. The van der Waals surface area contributed by atoms with Crippen molar-refractivity contribution in [3.05, 3.63) is 33.4 Å². The SMILES string of the molecule is Cc1c(C)c(C)c(C(=O)OOCC(C)C)c(C)c1C. The van der Waals surface area contributed by atoms with Crippen molar-refractivity contribution in [1.82, 2.24) is 0 Å². The standard InChI is InChI=1S/C16H24O3/c1-9(2)8-18-19-16(17)15-13(6)11(4)10(3)12(5)14(15)7/h9H,8H2,1-7H3. The Morgan fingerprint density at radius 2 is 1.32 bits per heavy atom. The summed E-state index contributed by atoms with van der Waals surface area (Å²) in [5.41, 5.74) is 6.08. The third-order valence-corrected chi connectivity index (χ3v) is 3.74. The smallest absolute Gasteiger partial charge is 0.293 e. The van der Waals surface area contributed by atoms with E-state index in [2.05, 4.69) is 6.92 Å². The van der Waals surface area contributed by atoms with Gasteiger partial charge in [-0.3, -0.25) is 4.89 Å². The van der Waals surface area contributed by atoms with E-state index in [1.54, 1.807) is 0 Å². The number of rotatable bonds is 4. The zero-order chi connectivity index (χ0) is 14.7. The third kappa shape index (κ3) is 3.35. The van der Waals surface area contributed by atoms with E-state index in [-0.39, 0.29) is 0 Å². The lowest BCUT2D eigenvalue weighted by molar-refractivity contribution is -0.247. The molecule has 0 N–H and O–H groups in total. The molecule has 0 saturated heterocycles. The molecule has 0 aliphatic carbocycles. The minimum atomic E-state index is -0.401. The van der Waals surface area contributed by atoms with Gasteiger partial charge in [0.25, 0.3) is 0 Å². The van der Waals surface area contributed by atoms with E-state index in [0.717, 1.165) is 22.3 Å². The van der Waals surface area contributed by atoms with Crippen molar-refractivity contribution < 1.29 is 14.6 Å². The van der Waals surface area contributed by atoms with Crippen LogP contribution in [0.1, 0.15) is 52.0 Å². The van der Waals surface area contributed by atoms with Gasteiger partial charge in [0.15, 0.2) is 0 Å². The van der Waals surface area contributed by atoms with Crippen LogP contribution in [0.2, 0.25) is 0 Å². The Hall–Kier alpha value is -1.35. The highest BCUT2D eigenvalue weighted by Crippen LogP contribution is 2.26. The molecule has 0 fully saturated rings. The molecule has 0 atom stereocenters. The van der Waals surface area contributed by atoms with Crippen LogP contribution in [0.15, 0.2) is 0 Å². The highest BCUT2D eigenvalue weighted by Gasteiger charge is 2.20. The van der Waals surface area contributed by atoms with Crippen molar-refractivity contribution in [2.24, 2.45) is 5.92 Å². The fourth-order valence-corrected chi connectivity index (χ4v) is 2.07. The molecule has 106 valence electrons. The third-order valence-electron chi connectivity index (χ3n) is 3.74. The first kappa shape index (κ1) is 15.7. The first-order valence-corrected chi connectivity index (χ1v) is 6.68. The highest BCUT2D eigenvalue weighted by atomic mass is 17.2. The zero-order valence-corrected chi connectivity index (χ0v) is 13.0. The van der Waals surface area contributed by atoms with Gasteiger partial charge in [-0.1, -0.05) is 13.8 Å². The summed E-state index contributed by atoms with van der Waals surface area (Å²) in [7, 11) is 0. The number of hydrogen-bond donors (Lipinski definition) is 0. The van der Waals surface area contributed by atoms with Crippen LogP contribution in [0.25, 0.3) is 0 Å². The Balaban J connectivity index is 3.04. The maximum Gasteiger partial charge on any atom is 0.373 e. The quantitative estimate of drug-likeness (QED) is 0.609. The molecule has 1 aromatic carbocycles. The molecule has 0 aromatic heterocycles. The van der Waals surface area contributed by atoms with E-state index in [0.29, 0.717) is 18.1 Å².